The summed E-state index contributed by atoms with van der Waals surface area (Å²) < 4.78 is 8.19. The predicted molar refractivity (Wildman–Crippen MR) is 97.0 cm³/mol. The van der Waals surface area contributed by atoms with Crippen molar-refractivity contribution in [3.05, 3.63) is 49.0 Å². The maximum absolute atomic E-state index is 5.99. The Bertz CT molecular complexity index is 583. The molecule has 0 aliphatic rings. The summed E-state index contributed by atoms with van der Waals surface area (Å²) in [6, 6.07) is 8.21. The number of benzene rings is 1. The average Bonchev–Trinajstić information content (AvgIpc) is 2.83. The molecule has 0 radical (unpaired) electrons. The summed E-state index contributed by atoms with van der Waals surface area (Å²) in [5, 5.41) is 5.53. The van der Waals surface area contributed by atoms with E-state index in [1.165, 1.54) is 10.4 Å². The third-order valence-corrected chi connectivity index (χ3v) is 5.33. The fourth-order valence-corrected chi connectivity index (χ4v) is 3.68. The Kier molecular flexibility index (Phi) is 6.74. The van der Waals surface area contributed by atoms with Crippen LogP contribution in [-0.4, -0.2) is 6.54 Å². The van der Waals surface area contributed by atoms with Crippen molar-refractivity contribution in [2.24, 2.45) is 5.92 Å². The molecule has 2 nitrogen and oxygen atoms in total. The third-order valence-electron chi connectivity index (χ3n) is 2.94. The Morgan fingerprint density at radius 2 is 2.05 bits per heavy atom. The van der Waals surface area contributed by atoms with Crippen molar-refractivity contribution in [3.8, 4) is 5.75 Å². The van der Waals surface area contributed by atoms with Crippen LogP contribution in [0.2, 0.25) is 0 Å². The zero-order valence-electron chi connectivity index (χ0n) is 12.2. The molecule has 0 unspecified atom stereocenters. The number of nitrogens with one attached hydrogen (secondary N) is 1. The van der Waals surface area contributed by atoms with Gasteiger partial charge < -0.3 is 10.1 Å². The Morgan fingerprint density at radius 1 is 1.24 bits per heavy atom. The van der Waals surface area contributed by atoms with Crippen molar-refractivity contribution >= 4 is 43.2 Å². The van der Waals surface area contributed by atoms with E-state index in [4.69, 9.17) is 4.74 Å². The van der Waals surface area contributed by atoms with Crippen LogP contribution in [0.25, 0.3) is 0 Å². The summed E-state index contributed by atoms with van der Waals surface area (Å²) in [7, 11) is 0. The van der Waals surface area contributed by atoms with E-state index in [-0.39, 0.29) is 0 Å². The van der Waals surface area contributed by atoms with E-state index >= 15 is 0 Å². The first-order valence-electron chi connectivity index (χ1n) is 6.90. The molecule has 0 aliphatic heterocycles. The minimum absolute atomic E-state index is 0.594. The van der Waals surface area contributed by atoms with Gasteiger partial charge in [-0.2, -0.15) is 0 Å². The fourth-order valence-electron chi connectivity index (χ4n) is 1.89. The predicted octanol–water partition coefficient (Wildman–Crippen LogP) is 5.60. The highest BCUT2D eigenvalue weighted by Gasteiger charge is 2.07. The van der Waals surface area contributed by atoms with Crippen LogP contribution in [0.15, 0.2) is 38.6 Å². The zero-order chi connectivity index (χ0) is 15.2. The minimum Gasteiger partial charge on any atom is -0.488 e. The highest BCUT2D eigenvalue weighted by Crippen LogP contribution is 2.27. The lowest BCUT2D eigenvalue weighted by molar-refractivity contribution is 0.304. The van der Waals surface area contributed by atoms with Gasteiger partial charge in [-0.25, -0.2) is 0 Å². The van der Waals surface area contributed by atoms with Gasteiger partial charge in [0.25, 0.3) is 0 Å². The van der Waals surface area contributed by atoms with Gasteiger partial charge in [0.05, 0.1) is 4.88 Å². The standard InChI is InChI=1S/C16H19Br2NOS/c1-11(2)8-19-9-12-7-13(17)3-4-15(12)20-10-16-14(18)5-6-21-16/h3-7,11,19H,8-10H2,1-2H3. The van der Waals surface area contributed by atoms with Crippen LogP contribution < -0.4 is 10.1 Å². The van der Waals surface area contributed by atoms with E-state index in [0.717, 1.165) is 27.8 Å². The molecule has 1 aromatic carbocycles. The molecule has 0 spiro atoms. The maximum Gasteiger partial charge on any atom is 0.124 e. The smallest absolute Gasteiger partial charge is 0.124 e. The molecule has 0 saturated carbocycles. The van der Waals surface area contributed by atoms with Crippen LogP contribution in [0.1, 0.15) is 24.3 Å². The molecule has 0 amide bonds. The molecule has 0 saturated heterocycles. The number of hydrogen-bond acceptors (Lipinski definition) is 3. The van der Waals surface area contributed by atoms with Gasteiger partial charge in [-0.05, 0) is 58.0 Å². The van der Waals surface area contributed by atoms with Crippen LogP contribution in [0.3, 0.4) is 0 Å². The highest BCUT2D eigenvalue weighted by atomic mass is 79.9. The molecule has 0 aliphatic carbocycles. The Hall–Kier alpha value is -0.360. The van der Waals surface area contributed by atoms with Crippen molar-refractivity contribution in [3.63, 3.8) is 0 Å². The molecule has 0 fully saturated rings. The molecule has 114 valence electrons. The van der Waals surface area contributed by atoms with E-state index in [9.17, 15) is 0 Å². The van der Waals surface area contributed by atoms with E-state index in [1.807, 2.05) is 12.1 Å². The molecule has 5 heteroatoms. The first-order chi connectivity index (χ1) is 10.1. The lowest BCUT2D eigenvalue weighted by Gasteiger charge is -2.13. The second-order valence-electron chi connectivity index (χ2n) is 5.26. The van der Waals surface area contributed by atoms with Gasteiger partial charge in [-0.3, -0.25) is 0 Å². The maximum atomic E-state index is 5.99. The lowest BCUT2D eigenvalue weighted by atomic mass is 10.2. The quantitative estimate of drug-likeness (QED) is 0.614. The zero-order valence-corrected chi connectivity index (χ0v) is 16.1. The van der Waals surface area contributed by atoms with E-state index in [1.54, 1.807) is 11.3 Å². The van der Waals surface area contributed by atoms with Crippen LogP contribution in [0, 0.1) is 5.92 Å². The summed E-state index contributed by atoms with van der Waals surface area (Å²) >= 11 is 8.77. The molecule has 21 heavy (non-hydrogen) atoms. The minimum atomic E-state index is 0.594. The second-order valence-corrected chi connectivity index (χ2v) is 8.03. The lowest BCUT2D eigenvalue weighted by Crippen LogP contribution is -2.19. The summed E-state index contributed by atoms with van der Waals surface area (Å²) in [5.74, 6) is 1.58. The molecule has 2 rings (SSSR count). The number of ether oxygens (including phenoxy) is 1. The Morgan fingerprint density at radius 3 is 2.71 bits per heavy atom. The van der Waals surface area contributed by atoms with Gasteiger partial charge in [0.15, 0.2) is 0 Å². The molecule has 1 heterocycles. The van der Waals surface area contributed by atoms with E-state index in [0.29, 0.717) is 12.5 Å². The van der Waals surface area contributed by atoms with Crippen LogP contribution >= 0.6 is 43.2 Å². The number of hydrogen-bond donors (Lipinski definition) is 1. The largest absolute Gasteiger partial charge is 0.488 e. The second kappa shape index (κ2) is 8.32. The first kappa shape index (κ1) is 17.0. The summed E-state index contributed by atoms with van der Waals surface area (Å²) in [6.45, 7) is 6.83. The van der Waals surface area contributed by atoms with E-state index in [2.05, 4.69) is 68.5 Å². The van der Waals surface area contributed by atoms with Crippen LogP contribution in [0.5, 0.6) is 5.75 Å². The van der Waals surface area contributed by atoms with Gasteiger partial charge in [0.2, 0.25) is 0 Å². The number of halogens is 2. The molecule has 1 N–H and O–H groups in total. The van der Waals surface area contributed by atoms with Crippen molar-refractivity contribution in [1.82, 2.24) is 5.32 Å². The topological polar surface area (TPSA) is 21.3 Å². The van der Waals surface area contributed by atoms with Gasteiger partial charge in [0, 0.05) is 21.1 Å². The highest BCUT2D eigenvalue weighted by molar-refractivity contribution is 9.10. The monoisotopic (exact) mass is 431 g/mol. The van der Waals surface area contributed by atoms with Crippen molar-refractivity contribution in [2.45, 2.75) is 27.0 Å². The fraction of sp³-hybridized carbons (Fsp3) is 0.375. The van der Waals surface area contributed by atoms with Gasteiger partial charge >= 0.3 is 0 Å². The summed E-state index contributed by atoms with van der Waals surface area (Å²) in [4.78, 5) is 1.21. The van der Waals surface area contributed by atoms with Crippen molar-refractivity contribution in [2.75, 3.05) is 6.54 Å². The number of rotatable bonds is 7. The van der Waals surface area contributed by atoms with Crippen LogP contribution in [-0.2, 0) is 13.2 Å². The SMILES string of the molecule is CC(C)CNCc1cc(Br)ccc1OCc1sccc1Br. The number of thiophene rings is 1. The molecular formula is C16H19Br2NOS. The average molecular weight is 433 g/mol. The van der Waals surface area contributed by atoms with E-state index < -0.39 is 0 Å². The van der Waals surface area contributed by atoms with Gasteiger partial charge in [-0.15, -0.1) is 11.3 Å². The van der Waals surface area contributed by atoms with Gasteiger partial charge in [-0.1, -0.05) is 29.8 Å². The normalized spacial score (nSPS) is 11.1. The molecule has 0 bridgehead atoms. The third kappa shape index (κ3) is 5.40. The summed E-state index contributed by atoms with van der Waals surface area (Å²) in [6.07, 6.45) is 0. The van der Waals surface area contributed by atoms with Gasteiger partial charge in [0.1, 0.15) is 12.4 Å². The first-order valence-corrected chi connectivity index (χ1v) is 9.36. The van der Waals surface area contributed by atoms with Crippen molar-refractivity contribution < 1.29 is 4.74 Å². The summed E-state index contributed by atoms with van der Waals surface area (Å²) in [5.41, 5.74) is 1.18. The molecule has 2 aromatic rings. The Labute approximate surface area is 147 Å². The molecule has 0 atom stereocenters. The van der Waals surface area contributed by atoms with Crippen molar-refractivity contribution in [1.29, 1.82) is 0 Å². The molecular weight excluding hydrogens is 414 g/mol. The van der Waals surface area contributed by atoms with Crippen LogP contribution in [0.4, 0.5) is 0 Å². The Balaban J connectivity index is 2.02. The molecule has 1 aromatic heterocycles.